The molecule has 0 spiro atoms. The zero-order valence-corrected chi connectivity index (χ0v) is 22.0. The van der Waals surface area contributed by atoms with Crippen LogP contribution in [0.2, 0.25) is 5.02 Å². The molecule has 1 N–H and O–H groups in total. The van der Waals surface area contributed by atoms with Gasteiger partial charge in [0.05, 0.1) is 27.2 Å². The van der Waals surface area contributed by atoms with Gasteiger partial charge in [-0.2, -0.15) is 0 Å². The minimum atomic E-state index is -0.364. The number of benzene rings is 2. The lowest BCUT2D eigenvalue weighted by Crippen LogP contribution is -2.28. The Morgan fingerprint density at radius 2 is 2.09 bits per heavy atom. The fraction of sp³-hybridized carbons (Fsp3) is 0.261. The number of carbonyl (C=O) groups is 2. The van der Waals surface area contributed by atoms with E-state index in [9.17, 15) is 9.59 Å². The minimum Gasteiger partial charge on any atom is -0.493 e. The summed E-state index contributed by atoms with van der Waals surface area (Å²) in [6.45, 7) is 2.45. The number of thiocarbonyl (C=S) groups is 1. The summed E-state index contributed by atoms with van der Waals surface area (Å²) < 4.78 is 12.3. The molecule has 2 aromatic carbocycles. The highest BCUT2D eigenvalue weighted by Gasteiger charge is 2.31. The molecule has 0 atom stereocenters. The van der Waals surface area contributed by atoms with E-state index >= 15 is 0 Å². The molecular formula is C23H22BrClN2O4S2. The van der Waals surface area contributed by atoms with Crippen LogP contribution in [0.25, 0.3) is 6.08 Å². The van der Waals surface area contributed by atoms with Crippen molar-refractivity contribution in [1.29, 1.82) is 0 Å². The number of carbonyl (C=O) groups excluding carboxylic acids is 2. The van der Waals surface area contributed by atoms with Gasteiger partial charge in [-0.05, 0) is 58.3 Å². The van der Waals surface area contributed by atoms with Crippen molar-refractivity contribution < 1.29 is 19.1 Å². The second kappa shape index (κ2) is 11.9. The predicted octanol–water partition coefficient (Wildman–Crippen LogP) is 6.13. The first-order valence-electron chi connectivity index (χ1n) is 10.1. The van der Waals surface area contributed by atoms with Gasteiger partial charge in [0.1, 0.15) is 4.32 Å². The largest absolute Gasteiger partial charge is 0.493 e. The van der Waals surface area contributed by atoms with Gasteiger partial charge < -0.3 is 14.8 Å². The number of amides is 2. The van der Waals surface area contributed by atoms with Gasteiger partial charge in [-0.25, -0.2) is 0 Å². The molecule has 0 unspecified atom stereocenters. The molecule has 33 heavy (non-hydrogen) atoms. The average molecular weight is 570 g/mol. The van der Waals surface area contributed by atoms with Crippen LogP contribution in [0.15, 0.2) is 45.8 Å². The fourth-order valence-corrected chi connectivity index (χ4v) is 5.08. The first kappa shape index (κ1) is 25.6. The van der Waals surface area contributed by atoms with E-state index in [1.165, 1.54) is 18.9 Å². The van der Waals surface area contributed by atoms with Crippen LogP contribution >= 0.6 is 51.5 Å². The van der Waals surface area contributed by atoms with Crippen molar-refractivity contribution >= 4 is 79.4 Å². The Morgan fingerprint density at radius 3 is 2.79 bits per heavy atom. The third-order valence-electron chi connectivity index (χ3n) is 4.65. The van der Waals surface area contributed by atoms with Gasteiger partial charge in [0.15, 0.2) is 18.1 Å². The highest BCUT2D eigenvalue weighted by molar-refractivity contribution is 9.10. The van der Waals surface area contributed by atoms with E-state index in [1.54, 1.807) is 47.4 Å². The number of para-hydroxylation sites is 1. The molecule has 0 bridgehead atoms. The maximum Gasteiger partial charge on any atom is 0.266 e. The fourth-order valence-electron chi connectivity index (χ4n) is 3.01. The molecule has 1 saturated heterocycles. The number of nitrogens with zero attached hydrogens (tertiary/aromatic N) is 1. The number of hydrogen-bond donors (Lipinski definition) is 1. The molecule has 10 heteroatoms. The maximum absolute atomic E-state index is 12.7. The Labute approximate surface area is 215 Å². The topological polar surface area (TPSA) is 67.9 Å². The number of methoxy groups -OCH3 is 1. The Bertz CT molecular complexity index is 1110. The van der Waals surface area contributed by atoms with E-state index in [4.69, 9.17) is 33.3 Å². The van der Waals surface area contributed by atoms with Crippen molar-refractivity contribution in [3.63, 3.8) is 0 Å². The van der Waals surface area contributed by atoms with Crippen LogP contribution in [-0.4, -0.2) is 41.3 Å². The summed E-state index contributed by atoms with van der Waals surface area (Å²) in [6, 6.07) is 10.5. The normalized spacial score (nSPS) is 14.7. The summed E-state index contributed by atoms with van der Waals surface area (Å²) in [7, 11) is 1.51. The van der Waals surface area contributed by atoms with Gasteiger partial charge in [0.25, 0.3) is 11.8 Å². The van der Waals surface area contributed by atoms with Gasteiger partial charge in [-0.1, -0.05) is 61.1 Å². The van der Waals surface area contributed by atoms with Crippen LogP contribution in [0, 0.1) is 0 Å². The van der Waals surface area contributed by atoms with Crippen molar-refractivity contribution in [1.82, 2.24) is 4.90 Å². The van der Waals surface area contributed by atoms with E-state index in [0.717, 1.165) is 18.4 Å². The van der Waals surface area contributed by atoms with Crippen LogP contribution in [0.1, 0.15) is 25.3 Å². The van der Waals surface area contributed by atoms with Crippen LogP contribution in [-0.2, 0) is 9.59 Å². The number of hydrogen-bond acceptors (Lipinski definition) is 6. The molecule has 1 aliphatic rings. The summed E-state index contributed by atoms with van der Waals surface area (Å²) in [5, 5.41) is 3.14. The quantitative estimate of drug-likeness (QED) is 0.289. The average Bonchev–Trinajstić information content (AvgIpc) is 3.05. The maximum atomic E-state index is 12.7. The molecule has 3 rings (SSSR count). The Kier molecular flexibility index (Phi) is 9.19. The Balaban J connectivity index is 1.73. The number of thioether (sulfide) groups is 1. The number of rotatable bonds is 9. The van der Waals surface area contributed by atoms with Crippen molar-refractivity contribution in [2.75, 3.05) is 25.6 Å². The Hall–Kier alpha value is -2.07. The van der Waals surface area contributed by atoms with E-state index in [0.29, 0.717) is 42.5 Å². The molecule has 1 fully saturated rings. The van der Waals surface area contributed by atoms with Gasteiger partial charge in [-0.3, -0.25) is 14.5 Å². The highest BCUT2D eigenvalue weighted by Crippen LogP contribution is 2.39. The van der Waals surface area contributed by atoms with Crippen molar-refractivity contribution in [3.8, 4) is 11.5 Å². The van der Waals surface area contributed by atoms with Crippen molar-refractivity contribution in [2.24, 2.45) is 0 Å². The summed E-state index contributed by atoms with van der Waals surface area (Å²) >= 11 is 16.2. The lowest BCUT2D eigenvalue weighted by Gasteiger charge is -2.14. The second-order valence-corrected chi connectivity index (χ2v) is 9.98. The molecule has 0 saturated carbocycles. The standard InChI is InChI=1S/C23H22BrClN2O4S2/c1-3-4-9-27-22(29)19(33-23(27)32)12-14-10-15(24)21(18(11-14)30-2)31-13-20(28)26-17-8-6-5-7-16(17)25/h5-8,10-12H,3-4,9,13H2,1-2H3,(H,26,28)/b19-12-. The van der Waals surface area contributed by atoms with Crippen LogP contribution in [0.5, 0.6) is 11.5 Å². The van der Waals surface area contributed by atoms with E-state index in [1.807, 2.05) is 0 Å². The van der Waals surface area contributed by atoms with Gasteiger partial charge >= 0.3 is 0 Å². The predicted molar refractivity (Wildman–Crippen MR) is 141 cm³/mol. The van der Waals surface area contributed by atoms with Gasteiger partial charge in [-0.15, -0.1) is 0 Å². The molecule has 2 aromatic rings. The summed E-state index contributed by atoms with van der Waals surface area (Å²) in [4.78, 5) is 27.2. The zero-order chi connectivity index (χ0) is 24.0. The summed E-state index contributed by atoms with van der Waals surface area (Å²) in [6.07, 6.45) is 3.65. The van der Waals surface area contributed by atoms with Crippen LogP contribution in [0.4, 0.5) is 5.69 Å². The highest BCUT2D eigenvalue weighted by atomic mass is 79.9. The lowest BCUT2D eigenvalue weighted by atomic mass is 10.2. The minimum absolute atomic E-state index is 0.0925. The molecular weight excluding hydrogens is 548 g/mol. The van der Waals surface area contributed by atoms with Crippen LogP contribution in [0.3, 0.4) is 0 Å². The molecule has 174 valence electrons. The first-order chi connectivity index (χ1) is 15.8. The lowest BCUT2D eigenvalue weighted by molar-refractivity contribution is -0.122. The van der Waals surface area contributed by atoms with Crippen molar-refractivity contribution in [3.05, 3.63) is 56.4 Å². The first-order valence-corrected chi connectivity index (χ1v) is 12.5. The number of anilines is 1. The summed E-state index contributed by atoms with van der Waals surface area (Å²) in [5.74, 6) is 0.337. The van der Waals surface area contributed by atoms with Gasteiger partial charge in [0.2, 0.25) is 0 Å². The smallest absolute Gasteiger partial charge is 0.266 e. The number of nitrogens with one attached hydrogen (secondary N) is 1. The van der Waals surface area contributed by atoms with Crippen LogP contribution < -0.4 is 14.8 Å². The van der Waals surface area contributed by atoms with Gasteiger partial charge in [0, 0.05) is 6.54 Å². The second-order valence-electron chi connectivity index (χ2n) is 7.04. The molecule has 0 aromatic heterocycles. The molecule has 0 aliphatic carbocycles. The third-order valence-corrected chi connectivity index (χ3v) is 6.95. The molecule has 2 amide bonds. The number of ether oxygens (including phenoxy) is 2. The zero-order valence-electron chi connectivity index (χ0n) is 18.0. The number of unbranched alkanes of at least 4 members (excludes halogenated alkanes) is 1. The monoisotopic (exact) mass is 568 g/mol. The van der Waals surface area contributed by atoms with E-state index in [2.05, 4.69) is 28.2 Å². The van der Waals surface area contributed by atoms with E-state index < -0.39 is 0 Å². The summed E-state index contributed by atoms with van der Waals surface area (Å²) in [5.41, 5.74) is 1.24. The Morgan fingerprint density at radius 1 is 1.33 bits per heavy atom. The number of halogens is 2. The molecule has 1 aliphatic heterocycles. The third kappa shape index (κ3) is 6.50. The SMILES string of the molecule is CCCCN1C(=O)/C(=C/c2cc(Br)c(OCC(=O)Nc3ccccc3Cl)c(OC)c2)SC1=S. The van der Waals surface area contributed by atoms with E-state index in [-0.39, 0.29) is 18.4 Å². The molecule has 6 nitrogen and oxygen atoms in total. The van der Waals surface area contributed by atoms with Crippen molar-refractivity contribution in [2.45, 2.75) is 19.8 Å². The molecule has 1 heterocycles. The molecule has 0 radical (unpaired) electrons.